The molecule has 0 unspecified atom stereocenters. The molecule has 1 aromatic rings. The number of carboxylic acid groups (broad SMARTS) is 1. The Morgan fingerprint density at radius 1 is 1.30 bits per heavy atom. The van der Waals surface area contributed by atoms with Crippen molar-refractivity contribution in [3.8, 4) is 0 Å². The zero-order valence-electron chi connectivity index (χ0n) is 11.9. The molecule has 3 heterocycles. The first-order valence-electron chi connectivity index (χ1n) is 7.18. The van der Waals surface area contributed by atoms with E-state index < -0.39 is 41.3 Å². The zero-order valence-corrected chi connectivity index (χ0v) is 11.9. The number of aromatic carboxylic acids is 1. The summed E-state index contributed by atoms with van der Waals surface area (Å²) >= 11 is 0. The molecule has 0 aromatic heterocycles. The fourth-order valence-corrected chi connectivity index (χ4v) is 3.72. The molecule has 7 heteroatoms. The van der Waals surface area contributed by atoms with Crippen LogP contribution in [0.5, 0.6) is 0 Å². The van der Waals surface area contributed by atoms with Crippen LogP contribution in [-0.4, -0.2) is 46.3 Å². The highest BCUT2D eigenvalue weighted by Crippen LogP contribution is 2.52. The summed E-state index contributed by atoms with van der Waals surface area (Å²) < 4.78 is 5.64. The van der Waals surface area contributed by atoms with Crippen LogP contribution in [0, 0.1) is 11.8 Å². The van der Waals surface area contributed by atoms with Gasteiger partial charge in [0.2, 0.25) is 11.8 Å². The molecule has 0 spiro atoms. The van der Waals surface area contributed by atoms with Crippen molar-refractivity contribution in [3.63, 3.8) is 0 Å². The number of aliphatic hydroxyl groups is 1. The molecule has 2 saturated heterocycles. The van der Waals surface area contributed by atoms with Crippen LogP contribution in [0.1, 0.15) is 10.4 Å². The molecule has 4 rings (SSSR count). The van der Waals surface area contributed by atoms with E-state index >= 15 is 0 Å². The van der Waals surface area contributed by atoms with E-state index in [1.807, 2.05) is 0 Å². The normalized spacial score (nSPS) is 34.3. The Labute approximate surface area is 130 Å². The van der Waals surface area contributed by atoms with Gasteiger partial charge in [-0.15, -0.1) is 0 Å². The van der Waals surface area contributed by atoms with Crippen LogP contribution in [0.4, 0.5) is 5.69 Å². The average molecular weight is 315 g/mol. The van der Waals surface area contributed by atoms with E-state index in [0.29, 0.717) is 0 Å². The monoisotopic (exact) mass is 315 g/mol. The number of ether oxygens (including phenoxy) is 1. The maximum Gasteiger partial charge on any atom is 0.335 e. The Balaban J connectivity index is 1.76. The standard InChI is InChI=1S/C16H13NO6/c18-7-16-5-4-10(23-16)11-12(16)14(20)17(13(11)19)9-3-1-2-8(6-9)15(21)22/h1-6,10-12,18H,7H2,(H,21,22)/t10-,11-,12-,16+/m1/s1. The lowest BCUT2D eigenvalue weighted by Gasteiger charge is -2.26. The second-order valence-corrected chi connectivity index (χ2v) is 5.93. The van der Waals surface area contributed by atoms with Crippen molar-refractivity contribution in [1.29, 1.82) is 0 Å². The van der Waals surface area contributed by atoms with Gasteiger partial charge in [-0.25, -0.2) is 9.69 Å². The maximum absolute atomic E-state index is 12.8. The number of nitrogens with zero attached hydrogens (tertiary/aromatic N) is 1. The first-order chi connectivity index (χ1) is 11.0. The first kappa shape index (κ1) is 14.1. The molecule has 2 N–H and O–H groups in total. The van der Waals surface area contributed by atoms with Crippen molar-refractivity contribution in [2.45, 2.75) is 11.7 Å². The molecular formula is C16H13NO6. The summed E-state index contributed by atoms with van der Waals surface area (Å²) in [6, 6.07) is 5.69. The number of fused-ring (bicyclic) bond motifs is 5. The molecule has 3 aliphatic heterocycles. The van der Waals surface area contributed by atoms with Crippen molar-refractivity contribution in [2.75, 3.05) is 11.5 Å². The summed E-state index contributed by atoms with van der Waals surface area (Å²) in [5.41, 5.74) is -0.933. The minimum atomic E-state index is -1.15. The van der Waals surface area contributed by atoms with E-state index in [0.717, 1.165) is 4.90 Å². The fraction of sp³-hybridized carbons (Fsp3) is 0.312. The molecule has 1 aromatic carbocycles. The van der Waals surface area contributed by atoms with Crippen LogP contribution in [0.3, 0.4) is 0 Å². The van der Waals surface area contributed by atoms with Crippen molar-refractivity contribution in [2.24, 2.45) is 11.8 Å². The topological polar surface area (TPSA) is 104 Å². The number of carboxylic acids is 1. The molecule has 4 atom stereocenters. The highest BCUT2D eigenvalue weighted by Gasteiger charge is 2.67. The highest BCUT2D eigenvalue weighted by atomic mass is 16.5. The van der Waals surface area contributed by atoms with E-state index in [1.54, 1.807) is 12.2 Å². The Morgan fingerprint density at radius 3 is 2.78 bits per heavy atom. The van der Waals surface area contributed by atoms with Crippen LogP contribution in [0.15, 0.2) is 36.4 Å². The Morgan fingerprint density at radius 2 is 2.09 bits per heavy atom. The molecule has 2 amide bonds. The van der Waals surface area contributed by atoms with Gasteiger partial charge in [0.25, 0.3) is 0 Å². The minimum absolute atomic E-state index is 0.00521. The first-order valence-corrected chi connectivity index (χ1v) is 7.18. The van der Waals surface area contributed by atoms with Crippen LogP contribution in [0.2, 0.25) is 0 Å². The van der Waals surface area contributed by atoms with E-state index in [1.165, 1.54) is 24.3 Å². The van der Waals surface area contributed by atoms with Gasteiger partial charge in [0.1, 0.15) is 5.60 Å². The van der Waals surface area contributed by atoms with Crippen LogP contribution >= 0.6 is 0 Å². The van der Waals surface area contributed by atoms with Gasteiger partial charge in [-0.05, 0) is 18.2 Å². The molecule has 0 aliphatic carbocycles. The Kier molecular flexibility index (Phi) is 2.76. The van der Waals surface area contributed by atoms with Gasteiger partial charge in [-0.1, -0.05) is 18.2 Å². The Hall–Kier alpha value is -2.51. The number of benzene rings is 1. The van der Waals surface area contributed by atoms with Gasteiger partial charge in [-0.2, -0.15) is 0 Å². The molecule has 23 heavy (non-hydrogen) atoms. The summed E-state index contributed by atoms with van der Waals surface area (Å²) in [6.45, 7) is -0.386. The predicted octanol–water partition coefficient (Wildman–Crippen LogP) is 0.190. The van der Waals surface area contributed by atoms with E-state index in [4.69, 9.17) is 9.84 Å². The van der Waals surface area contributed by atoms with Crippen molar-refractivity contribution < 1.29 is 29.3 Å². The SMILES string of the molecule is O=C(O)c1cccc(N2C(=O)[C@@H]3[C@H]4C=C[C@@](CO)(O4)[C@H]3C2=O)c1. The van der Waals surface area contributed by atoms with Crippen molar-refractivity contribution >= 4 is 23.5 Å². The van der Waals surface area contributed by atoms with Gasteiger partial charge in [0, 0.05) is 0 Å². The summed E-state index contributed by atoms with van der Waals surface area (Å²) in [5, 5.41) is 18.7. The third kappa shape index (κ3) is 1.68. The van der Waals surface area contributed by atoms with Crippen molar-refractivity contribution in [1.82, 2.24) is 0 Å². The predicted molar refractivity (Wildman–Crippen MR) is 76.7 cm³/mol. The second kappa shape index (κ2) is 4.50. The average Bonchev–Trinajstić information content (AvgIpc) is 3.18. The minimum Gasteiger partial charge on any atom is -0.478 e. The molecule has 0 saturated carbocycles. The van der Waals surface area contributed by atoms with Crippen LogP contribution < -0.4 is 4.90 Å². The lowest BCUT2D eigenvalue weighted by atomic mass is 9.77. The number of hydrogen-bond donors (Lipinski definition) is 2. The highest BCUT2D eigenvalue weighted by molar-refractivity contribution is 6.23. The number of carbonyl (C=O) groups is 3. The number of hydrogen-bond acceptors (Lipinski definition) is 5. The quantitative estimate of drug-likeness (QED) is 0.609. The number of imide groups is 1. The van der Waals surface area contributed by atoms with Gasteiger partial charge in [0.05, 0.1) is 35.8 Å². The molecule has 7 nitrogen and oxygen atoms in total. The zero-order chi connectivity index (χ0) is 16.4. The molecular weight excluding hydrogens is 302 g/mol. The van der Waals surface area contributed by atoms with Crippen molar-refractivity contribution in [3.05, 3.63) is 42.0 Å². The van der Waals surface area contributed by atoms with Gasteiger partial charge in [-0.3, -0.25) is 9.59 Å². The number of rotatable bonds is 3. The smallest absolute Gasteiger partial charge is 0.335 e. The van der Waals surface area contributed by atoms with Gasteiger partial charge in [0.15, 0.2) is 0 Å². The number of aliphatic hydroxyl groups excluding tert-OH is 1. The van der Waals surface area contributed by atoms with E-state index in [-0.39, 0.29) is 17.9 Å². The third-order valence-corrected chi connectivity index (χ3v) is 4.75. The molecule has 2 fully saturated rings. The summed E-state index contributed by atoms with van der Waals surface area (Å²) in [5.74, 6) is -3.48. The number of carbonyl (C=O) groups excluding carboxylic acids is 2. The number of amides is 2. The van der Waals surface area contributed by atoms with E-state index in [2.05, 4.69) is 0 Å². The summed E-state index contributed by atoms with van der Waals surface area (Å²) in [4.78, 5) is 37.6. The lowest BCUT2D eigenvalue weighted by molar-refractivity contribution is -0.128. The molecule has 0 radical (unpaired) electrons. The van der Waals surface area contributed by atoms with E-state index in [9.17, 15) is 19.5 Å². The summed E-state index contributed by atoms with van der Waals surface area (Å²) in [6.07, 6.45) is 2.80. The van der Waals surface area contributed by atoms with Gasteiger partial charge < -0.3 is 14.9 Å². The Bertz CT molecular complexity index is 772. The lowest BCUT2D eigenvalue weighted by Crippen LogP contribution is -2.43. The van der Waals surface area contributed by atoms with Gasteiger partial charge >= 0.3 is 5.97 Å². The molecule has 3 aliphatic rings. The number of anilines is 1. The maximum atomic E-state index is 12.8. The van der Waals surface area contributed by atoms with Crippen LogP contribution in [0.25, 0.3) is 0 Å². The largest absolute Gasteiger partial charge is 0.478 e. The molecule has 2 bridgehead atoms. The molecule has 118 valence electrons. The fourth-order valence-electron chi connectivity index (χ4n) is 3.72. The summed E-state index contributed by atoms with van der Waals surface area (Å²) in [7, 11) is 0. The van der Waals surface area contributed by atoms with Crippen LogP contribution in [-0.2, 0) is 14.3 Å². The third-order valence-electron chi connectivity index (χ3n) is 4.75. The second-order valence-electron chi connectivity index (χ2n) is 5.93.